The lowest BCUT2D eigenvalue weighted by Gasteiger charge is -2.13. The van der Waals surface area contributed by atoms with Gasteiger partial charge in [-0.1, -0.05) is 271 Å². The van der Waals surface area contributed by atoms with Gasteiger partial charge in [-0.3, -0.25) is 0 Å². The molecule has 1 aromatic heterocycles. The first-order valence-corrected chi connectivity index (χ1v) is 32.9. The normalized spacial score (nSPS) is 11.3. The van der Waals surface area contributed by atoms with Crippen molar-refractivity contribution >= 4 is 34.9 Å². The van der Waals surface area contributed by atoms with Crippen LogP contribution in [-0.4, -0.2) is 34.8 Å². The summed E-state index contributed by atoms with van der Waals surface area (Å²) < 4.78 is 18.4. The molecule has 0 atom stereocenters. The highest BCUT2D eigenvalue weighted by Crippen LogP contribution is 2.26. The molecule has 3 N–H and O–H groups in total. The van der Waals surface area contributed by atoms with E-state index in [1.54, 1.807) is 0 Å². The summed E-state index contributed by atoms with van der Waals surface area (Å²) in [6, 6.07) is 24.1. The lowest BCUT2D eigenvalue weighted by Crippen LogP contribution is -2.07. The van der Waals surface area contributed by atoms with Gasteiger partial charge in [0.1, 0.15) is 17.2 Å². The number of hydrogen-bond acceptors (Lipinski definition) is 9. The van der Waals surface area contributed by atoms with Gasteiger partial charge in [0.2, 0.25) is 17.8 Å². The average molecular weight is 1080 g/mol. The second kappa shape index (κ2) is 47.3. The number of nitrogens with zero attached hydrogens (tertiary/aromatic N) is 3. The van der Waals surface area contributed by atoms with E-state index in [2.05, 4.69) is 36.7 Å². The molecule has 9 heteroatoms. The third-order valence-corrected chi connectivity index (χ3v) is 15.3. The maximum Gasteiger partial charge on any atom is 0.233 e. The van der Waals surface area contributed by atoms with Gasteiger partial charge in [0.05, 0.1) is 19.8 Å². The lowest BCUT2D eigenvalue weighted by molar-refractivity contribution is 0.304. The number of rotatable bonds is 54. The predicted molar refractivity (Wildman–Crippen MR) is 336 cm³/mol. The van der Waals surface area contributed by atoms with Gasteiger partial charge < -0.3 is 30.2 Å². The van der Waals surface area contributed by atoms with E-state index in [1.165, 1.54) is 250 Å². The maximum absolute atomic E-state index is 6.13. The van der Waals surface area contributed by atoms with Crippen LogP contribution in [-0.2, 0) is 0 Å². The number of ether oxygens (including phenoxy) is 3. The maximum atomic E-state index is 6.13. The average Bonchev–Trinajstić information content (AvgIpc) is 3.45. The lowest BCUT2D eigenvalue weighted by atomic mass is 10.0. The summed E-state index contributed by atoms with van der Waals surface area (Å²) in [6.07, 6.45) is 56.8. The highest BCUT2D eigenvalue weighted by atomic mass is 16.5. The molecule has 4 rings (SSSR count). The first-order valence-electron chi connectivity index (χ1n) is 32.9. The highest BCUT2D eigenvalue weighted by Gasteiger charge is 2.10. The van der Waals surface area contributed by atoms with Crippen molar-refractivity contribution in [1.82, 2.24) is 15.0 Å². The molecule has 0 aliphatic heterocycles. The summed E-state index contributed by atoms with van der Waals surface area (Å²) in [4.78, 5) is 14.4. The molecule has 0 fully saturated rings. The summed E-state index contributed by atoms with van der Waals surface area (Å²) in [5.74, 6) is 3.88. The molecule has 1 heterocycles. The molecule has 0 unspecified atom stereocenters. The molecule has 0 radical (unpaired) electrons. The molecular formula is C69H114N6O3. The molecule has 438 valence electrons. The van der Waals surface area contributed by atoms with Gasteiger partial charge in [0.15, 0.2) is 0 Å². The van der Waals surface area contributed by atoms with Crippen LogP contribution in [0.5, 0.6) is 17.2 Å². The Morgan fingerprint density at radius 3 is 0.577 bits per heavy atom. The Kier molecular flexibility index (Phi) is 40.0. The van der Waals surface area contributed by atoms with Gasteiger partial charge in [0, 0.05) is 17.1 Å². The van der Waals surface area contributed by atoms with Crippen molar-refractivity contribution in [3.63, 3.8) is 0 Å². The van der Waals surface area contributed by atoms with Crippen LogP contribution < -0.4 is 30.2 Å². The first kappa shape index (κ1) is 66.0. The van der Waals surface area contributed by atoms with Crippen LogP contribution >= 0.6 is 0 Å². The Labute approximate surface area is 478 Å². The van der Waals surface area contributed by atoms with E-state index in [0.29, 0.717) is 17.8 Å². The zero-order valence-corrected chi connectivity index (χ0v) is 50.3. The number of nitrogens with one attached hydrogen (secondary N) is 3. The largest absolute Gasteiger partial charge is 0.494 e. The molecule has 78 heavy (non-hydrogen) atoms. The summed E-state index contributed by atoms with van der Waals surface area (Å²) >= 11 is 0. The molecule has 3 aromatic carbocycles. The fraction of sp³-hybridized carbons (Fsp3) is 0.696. The summed E-state index contributed by atoms with van der Waals surface area (Å²) in [5, 5.41) is 10.2. The van der Waals surface area contributed by atoms with Crippen molar-refractivity contribution in [2.24, 2.45) is 0 Å². The summed E-state index contributed by atoms with van der Waals surface area (Å²) in [6.45, 7) is 9.09. The van der Waals surface area contributed by atoms with Crippen molar-refractivity contribution in [1.29, 1.82) is 0 Å². The molecule has 0 saturated heterocycles. The van der Waals surface area contributed by atoms with Gasteiger partial charge in [-0.15, -0.1) is 0 Å². The number of benzene rings is 3. The molecule has 0 saturated carbocycles. The Balaban J connectivity index is 1.19. The van der Waals surface area contributed by atoms with Crippen molar-refractivity contribution in [2.45, 2.75) is 290 Å². The molecule has 0 spiro atoms. The predicted octanol–water partition coefficient (Wildman–Crippen LogP) is 22.7. The highest BCUT2D eigenvalue weighted by molar-refractivity contribution is 5.63. The molecule has 9 nitrogen and oxygen atoms in total. The minimum Gasteiger partial charge on any atom is -0.494 e. The standard InChI is InChI=1S/C69H114N6O3/c1-4-7-10-13-16-19-22-25-28-31-34-37-40-43-58-76-64-52-46-61(47-53-64)70-67-73-68(71-62-48-54-65(55-49-62)77-59-44-41-38-35-32-29-26-23-20-17-14-11-8-5-2)75-69(74-67)72-63-50-56-66(57-51-63)78-60-45-42-39-36-33-30-27-24-21-18-15-12-9-6-3/h46-57H,4-45,58-60H2,1-3H3,(H3,70,71,72,73,74,75). The molecule has 0 amide bonds. The van der Waals surface area contributed by atoms with Crippen LogP contribution in [0.25, 0.3) is 0 Å². The fourth-order valence-corrected chi connectivity index (χ4v) is 10.3. The van der Waals surface area contributed by atoms with E-state index in [9.17, 15) is 0 Å². The Morgan fingerprint density at radius 1 is 0.231 bits per heavy atom. The molecule has 0 bridgehead atoms. The first-order chi connectivity index (χ1) is 38.6. The minimum absolute atomic E-state index is 0.423. The van der Waals surface area contributed by atoms with Crippen LogP contribution in [0.3, 0.4) is 0 Å². The van der Waals surface area contributed by atoms with Crippen LogP contribution in [0, 0.1) is 0 Å². The number of anilines is 6. The number of hydrogen-bond donors (Lipinski definition) is 3. The van der Waals surface area contributed by atoms with Gasteiger partial charge in [0.25, 0.3) is 0 Å². The second-order valence-corrected chi connectivity index (χ2v) is 22.6. The molecular weight excluding hydrogens is 961 g/mol. The molecule has 0 aliphatic rings. The Bertz CT molecular complexity index is 1710. The van der Waals surface area contributed by atoms with Gasteiger partial charge >= 0.3 is 0 Å². The van der Waals surface area contributed by atoms with E-state index < -0.39 is 0 Å². The fourth-order valence-electron chi connectivity index (χ4n) is 10.3. The Hall–Kier alpha value is -4.53. The van der Waals surface area contributed by atoms with E-state index in [4.69, 9.17) is 29.2 Å². The van der Waals surface area contributed by atoms with E-state index in [0.717, 1.165) is 73.4 Å². The molecule has 4 aromatic rings. The van der Waals surface area contributed by atoms with Crippen LogP contribution in [0.1, 0.15) is 290 Å². The topological polar surface area (TPSA) is 102 Å². The van der Waals surface area contributed by atoms with E-state index in [1.807, 2.05) is 72.8 Å². The number of unbranched alkanes of at least 4 members (excludes halogenated alkanes) is 39. The van der Waals surface area contributed by atoms with Gasteiger partial charge in [-0.25, -0.2) is 0 Å². The Morgan fingerprint density at radius 2 is 0.397 bits per heavy atom. The van der Waals surface area contributed by atoms with Crippen molar-refractivity contribution in [3.05, 3.63) is 72.8 Å². The van der Waals surface area contributed by atoms with Crippen molar-refractivity contribution in [2.75, 3.05) is 35.8 Å². The SMILES string of the molecule is CCCCCCCCCCCCCCCCOc1ccc(Nc2nc(Nc3ccc(OCCCCCCCCCCCCCCCC)cc3)nc(Nc3ccc(OCCCCCCCCCCCCCCCC)cc3)n2)cc1. The third kappa shape index (κ3) is 35.2. The smallest absolute Gasteiger partial charge is 0.233 e. The monoisotopic (exact) mass is 1070 g/mol. The third-order valence-electron chi connectivity index (χ3n) is 15.3. The number of aromatic nitrogens is 3. The van der Waals surface area contributed by atoms with Crippen LogP contribution in [0.15, 0.2) is 72.8 Å². The summed E-state index contributed by atoms with van der Waals surface area (Å²) in [5.41, 5.74) is 2.59. The molecule has 0 aliphatic carbocycles. The van der Waals surface area contributed by atoms with Gasteiger partial charge in [-0.2, -0.15) is 15.0 Å². The van der Waals surface area contributed by atoms with Crippen LogP contribution in [0.2, 0.25) is 0 Å². The minimum atomic E-state index is 0.423. The van der Waals surface area contributed by atoms with E-state index >= 15 is 0 Å². The second-order valence-electron chi connectivity index (χ2n) is 22.6. The zero-order chi connectivity index (χ0) is 54.9. The summed E-state index contributed by atoms with van der Waals surface area (Å²) in [7, 11) is 0. The quantitative estimate of drug-likeness (QED) is 0.0373. The van der Waals surface area contributed by atoms with Crippen LogP contribution in [0.4, 0.5) is 34.9 Å². The van der Waals surface area contributed by atoms with Gasteiger partial charge in [-0.05, 0) is 92.1 Å². The van der Waals surface area contributed by atoms with Crippen molar-refractivity contribution in [3.8, 4) is 17.2 Å². The zero-order valence-electron chi connectivity index (χ0n) is 50.3. The van der Waals surface area contributed by atoms with E-state index in [-0.39, 0.29) is 0 Å². The van der Waals surface area contributed by atoms with Crippen molar-refractivity contribution < 1.29 is 14.2 Å².